The van der Waals surface area contributed by atoms with Gasteiger partial charge in [0.05, 0.1) is 23.9 Å². The zero-order valence-electron chi connectivity index (χ0n) is 12.1. The lowest BCUT2D eigenvalue weighted by atomic mass is 9.99. The first kappa shape index (κ1) is 15.7. The van der Waals surface area contributed by atoms with Crippen LogP contribution in [-0.4, -0.2) is 18.6 Å². The predicted octanol–water partition coefficient (Wildman–Crippen LogP) is 3.97. The third-order valence-corrected chi connectivity index (χ3v) is 3.41. The summed E-state index contributed by atoms with van der Waals surface area (Å²) in [4.78, 5) is 4.16. The number of aromatic nitrogens is 1. The molecule has 1 aromatic carbocycles. The number of hydrogen-bond donors (Lipinski definition) is 1. The normalized spacial score (nSPS) is 12.2. The van der Waals surface area contributed by atoms with Gasteiger partial charge in [-0.05, 0) is 31.2 Å². The Morgan fingerprint density at radius 2 is 2.19 bits per heavy atom. The van der Waals surface area contributed by atoms with Gasteiger partial charge in [0.2, 0.25) is 0 Å². The van der Waals surface area contributed by atoms with E-state index in [0.29, 0.717) is 17.9 Å². The van der Waals surface area contributed by atoms with E-state index in [1.165, 1.54) is 6.07 Å². The van der Waals surface area contributed by atoms with Crippen molar-refractivity contribution in [2.75, 3.05) is 13.7 Å². The van der Waals surface area contributed by atoms with Gasteiger partial charge in [0, 0.05) is 11.8 Å². The van der Waals surface area contributed by atoms with Crippen LogP contribution in [0.5, 0.6) is 5.75 Å². The Balaban J connectivity index is 2.35. The zero-order chi connectivity index (χ0) is 15.2. The molecule has 0 radical (unpaired) electrons. The molecule has 0 aliphatic rings. The molecular formula is C16H18ClFN2O. The van der Waals surface area contributed by atoms with Crippen molar-refractivity contribution in [3.8, 4) is 5.75 Å². The molecule has 0 bridgehead atoms. The third kappa shape index (κ3) is 3.71. The SMILES string of the molecule is CCCOc1cncc(C(NC)c2cccc(Cl)c2F)c1. The summed E-state index contributed by atoms with van der Waals surface area (Å²) in [5.74, 6) is 0.260. The van der Waals surface area contributed by atoms with E-state index in [4.69, 9.17) is 16.3 Å². The van der Waals surface area contributed by atoms with Crippen LogP contribution in [0, 0.1) is 5.82 Å². The van der Waals surface area contributed by atoms with Crippen LogP contribution in [0.15, 0.2) is 36.7 Å². The molecule has 3 nitrogen and oxygen atoms in total. The molecule has 2 aromatic rings. The molecule has 0 aliphatic carbocycles. The summed E-state index contributed by atoms with van der Waals surface area (Å²) in [7, 11) is 1.77. The fourth-order valence-corrected chi connectivity index (χ4v) is 2.32. The van der Waals surface area contributed by atoms with E-state index in [9.17, 15) is 4.39 Å². The molecule has 1 heterocycles. The summed E-state index contributed by atoms with van der Waals surface area (Å²) in [5.41, 5.74) is 1.31. The highest BCUT2D eigenvalue weighted by molar-refractivity contribution is 6.30. The Morgan fingerprint density at radius 3 is 2.90 bits per heavy atom. The maximum atomic E-state index is 14.2. The minimum absolute atomic E-state index is 0.110. The first-order chi connectivity index (χ1) is 10.2. The summed E-state index contributed by atoms with van der Waals surface area (Å²) in [6.07, 6.45) is 4.27. The van der Waals surface area contributed by atoms with Crippen molar-refractivity contribution in [2.24, 2.45) is 0 Å². The van der Waals surface area contributed by atoms with Crippen molar-refractivity contribution in [3.63, 3.8) is 0 Å². The van der Waals surface area contributed by atoms with Gasteiger partial charge in [0.25, 0.3) is 0 Å². The molecule has 5 heteroatoms. The van der Waals surface area contributed by atoms with Gasteiger partial charge in [0.15, 0.2) is 0 Å². The summed E-state index contributed by atoms with van der Waals surface area (Å²) < 4.78 is 19.8. The topological polar surface area (TPSA) is 34.1 Å². The van der Waals surface area contributed by atoms with Crippen molar-refractivity contribution in [3.05, 3.63) is 58.6 Å². The summed E-state index contributed by atoms with van der Waals surface area (Å²) in [5, 5.41) is 3.20. The van der Waals surface area contributed by atoms with Gasteiger partial charge in [-0.1, -0.05) is 30.7 Å². The maximum absolute atomic E-state index is 14.2. The van der Waals surface area contributed by atoms with E-state index < -0.39 is 5.82 Å². The average Bonchev–Trinajstić information content (AvgIpc) is 2.50. The minimum atomic E-state index is -0.418. The molecule has 2 rings (SSSR count). The number of nitrogens with zero attached hydrogens (tertiary/aromatic N) is 1. The molecule has 0 saturated carbocycles. The molecule has 0 aliphatic heterocycles. The maximum Gasteiger partial charge on any atom is 0.146 e. The highest BCUT2D eigenvalue weighted by Crippen LogP contribution is 2.29. The second kappa shape index (κ2) is 7.38. The monoisotopic (exact) mass is 308 g/mol. The van der Waals surface area contributed by atoms with Crippen LogP contribution in [-0.2, 0) is 0 Å². The number of rotatable bonds is 6. The molecule has 0 amide bonds. The number of benzene rings is 1. The fraction of sp³-hybridized carbons (Fsp3) is 0.312. The van der Waals surface area contributed by atoms with Crippen molar-refractivity contribution in [2.45, 2.75) is 19.4 Å². The van der Waals surface area contributed by atoms with Crippen LogP contribution in [0.1, 0.15) is 30.5 Å². The van der Waals surface area contributed by atoms with E-state index in [-0.39, 0.29) is 11.1 Å². The van der Waals surface area contributed by atoms with E-state index in [2.05, 4.69) is 10.3 Å². The lowest BCUT2D eigenvalue weighted by Gasteiger charge is -2.18. The standard InChI is InChI=1S/C16H18ClFN2O/c1-3-7-21-12-8-11(9-20-10-12)16(19-2)13-5-4-6-14(17)15(13)18/h4-6,8-10,16,19H,3,7H2,1-2H3. The number of nitrogens with one attached hydrogen (secondary N) is 1. The molecule has 112 valence electrons. The van der Waals surface area contributed by atoms with Gasteiger partial charge in [-0.2, -0.15) is 0 Å². The van der Waals surface area contributed by atoms with Crippen molar-refractivity contribution < 1.29 is 9.13 Å². The molecule has 1 atom stereocenters. The molecule has 0 fully saturated rings. The highest BCUT2D eigenvalue weighted by atomic mass is 35.5. The Bertz CT molecular complexity index is 607. The second-order valence-electron chi connectivity index (χ2n) is 4.67. The molecule has 1 N–H and O–H groups in total. The predicted molar refractivity (Wildman–Crippen MR) is 82.3 cm³/mol. The Labute approximate surface area is 129 Å². The van der Waals surface area contributed by atoms with E-state index >= 15 is 0 Å². The van der Waals surface area contributed by atoms with Gasteiger partial charge in [-0.3, -0.25) is 4.98 Å². The summed E-state index contributed by atoms with van der Waals surface area (Å²) in [6, 6.07) is 6.51. The smallest absolute Gasteiger partial charge is 0.146 e. The van der Waals surface area contributed by atoms with E-state index in [1.54, 1.807) is 31.6 Å². The van der Waals surface area contributed by atoms with Crippen LogP contribution in [0.4, 0.5) is 4.39 Å². The summed E-state index contributed by atoms with van der Waals surface area (Å²) in [6.45, 7) is 2.66. The lowest BCUT2D eigenvalue weighted by molar-refractivity contribution is 0.315. The van der Waals surface area contributed by atoms with Gasteiger partial charge in [-0.25, -0.2) is 4.39 Å². The van der Waals surface area contributed by atoms with Crippen molar-refractivity contribution >= 4 is 11.6 Å². The van der Waals surface area contributed by atoms with Gasteiger partial charge in [-0.15, -0.1) is 0 Å². The average molecular weight is 309 g/mol. The highest BCUT2D eigenvalue weighted by Gasteiger charge is 2.18. The van der Waals surface area contributed by atoms with Crippen LogP contribution >= 0.6 is 11.6 Å². The number of halogens is 2. The zero-order valence-corrected chi connectivity index (χ0v) is 12.8. The third-order valence-electron chi connectivity index (χ3n) is 3.12. The molecule has 21 heavy (non-hydrogen) atoms. The number of ether oxygens (including phenoxy) is 1. The second-order valence-corrected chi connectivity index (χ2v) is 5.07. The molecular weight excluding hydrogens is 291 g/mol. The first-order valence-electron chi connectivity index (χ1n) is 6.86. The molecule has 1 unspecified atom stereocenters. The lowest BCUT2D eigenvalue weighted by Crippen LogP contribution is -2.19. The van der Waals surface area contributed by atoms with Crippen LogP contribution < -0.4 is 10.1 Å². The minimum Gasteiger partial charge on any atom is -0.492 e. The quantitative estimate of drug-likeness (QED) is 0.876. The van der Waals surface area contributed by atoms with Crippen molar-refractivity contribution in [1.29, 1.82) is 0 Å². The largest absolute Gasteiger partial charge is 0.492 e. The van der Waals surface area contributed by atoms with E-state index in [0.717, 1.165) is 12.0 Å². The summed E-state index contributed by atoms with van der Waals surface area (Å²) >= 11 is 5.86. The van der Waals surface area contributed by atoms with Crippen molar-refractivity contribution in [1.82, 2.24) is 10.3 Å². The number of pyridine rings is 1. The number of hydrogen-bond acceptors (Lipinski definition) is 3. The van der Waals surface area contributed by atoms with Gasteiger partial charge >= 0.3 is 0 Å². The van der Waals surface area contributed by atoms with Crippen LogP contribution in [0.3, 0.4) is 0 Å². The molecule has 1 aromatic heterocycles. The Morgan fingerprint density at radius 1 is 1.38 bits per heavy atom. The van der Waals surface area contributed by atoms with Gasteiger partial charge < -0.3 is 10.1 Å². The molecule has 0 saturated heterocycles. The fourth-order valence-electron chi connectivity index (χ4n) is 2.14. The first-order valence-corrected chi connectivity index (χ1v) is 7.24. The van der Waals surface area contributed by atoms with Crippen LogP contribution in [0.25, 0.3) is 0 Å². The van der Waals surface area contributed by atoms with Gasteiger partial charge in [0.1, 0.15) is 11.6 Å². The Kier molecular flexibility index (Phi) is 5.53. The Hall–Kier alpha value is -1.65. The molecule has 0 spiro atoms. The van der Waals surface area contributed by atoms with Crippen LogP contribution in [0.2, 0.25) is 5.02 Å². The van der Waals surface area contributed by atoms with E-state index in [1.807, 2.05) is 13.0 Å².